The lowest BCUT2D eigenvalue weighted by atomic mass is 9.74. The molecular weight excluding hydrogens is 340 g/mol. The Morgan fingerprint density at radius 3 is 2.65 bits per heavy atom. The Morgan fingerprint density at radius 1 is 1.41 bits per heavy atom. The van der Waals surface area contributed by atoms with Gasteiger partial charge in [-0.3, -0.25) is 0 Å². The molecule has 1 fully saturated rings. The summed E-state index contributed by atoms with van der Waals surface area (Å²) in [7, 11) is 0. The Bertz CT molecular complexity index is 462. The summed E-state index contributed by atoms with van der Waals surface area (Å²) >= 11 is 7.14. The quantitative estimate of drug-likeness (QED) is 0.602. The number of aryl methyl sites for hydroxylation is 1. The molecule has 1 aliphatic rings. The van der Waals surface area contributed by atoms with Crippen molar-refractivity contribution in [1.82, 2.24) is 0 Å². The second kappa shape index (κ2) is 4.89. The minimum atomic E-state index is 0.274. The molecule has 0 spiro atoms. The van der Waals surface area contributed by atoms with Crippen molar-refractivity contribution in [3.05, 3.63) is 44.4 Å². The number of halogens is 2. The number of allylic oxidation sites excluding steroid dienone is 1. The SMILES string of the molecule is Cc1ccc([C@]2(C)CC/C(=C/Br)[C@@H]2C)cc1Br. The van der Waals surface area contributed by atoms with Crippen LogP contribution in [0.1, 0.15) is 37.8 Å². The Hall–Kier alpha value is -0.0800. The molecule has 0 aromatic heterocycles. The fourth-order valence-electron chi connectivity index (χ4n) is 2.74. The van der Waals surface area contributed by atoms with Gasteiger partial charge in [-0.1, -0.05) is 63.4 Å². The van der Waals surface area contributed by atoms with E-state index in [1.165, 1.54) is 34.0 Å². The molecule has 0 aliphatic heterocycles. The lowest BCUT2D eigenvalue weighted by Crippen LogP contribution is -2.25. The summed E-state index contributed by atoms with van der Waals surface area (Å²) in [5.41, 5.74) is 4.56. The van der Waals surface area contributed by atoms with Gasteiger partial charge in [0.25, 0.3) is 0 Å². The summed E-state index contributed by atoms with van der Waals surface area (Å²) in [4.78, 5) is 2.12. The van der Waals surface area contributed by atoms with E-state index in [9.17, 15) is 0 Å². The highest BCUT2D eigenvalue weighted by molar-refractivity contribution is 9.11. The first-order valence-corrected chi connectivity index (χ1v) is 7.75. The third-order valence-electron chi connectivity index (χ3n) is 4.42. The number of hydrogen-bond donors (Lipinski definition) is 0. The van der Waals surface area contributed by atoms with Gasteiger partial charge in [0.05, 0.1) is 0 Å². The molecule has 0 unspecified atom stereocenters. The van der Waals surface area contributed by atoms with Crippen LogP contribution in [0.25, 0.3) is 0 Å². The van der Waals surface area contributed by atoms with Crippen LogP contribution < -0.4 is 0 Å². The van der Waals surface area contributed by atoms with Crippen LogP contribution in [0.4, 0.5) is 0 Å². The molecule has 0 heterocycles. The Balaban J connectivity index is 2.42. The predicted molar refractivity (Wildman–Crippen MR) is 81.6 cm³/mol. The molecule has 0 N–H and O–H groups in total. The summed E-state index contributed by atoms with van der Waals surface area (Å²) in [6.45, 7) is 6.87. The Morgan fingerprint density at radius 2 is 2.12 bits per heavy atom. The Labute approximate surface area is 121 Å². The zero-order valence-electron chi connectivity index (χ0n) is 10.6. The highest BCUT2D eigenvalue weighted by Gasteiger charge is 2.40. The summed E-state index contributed by atoms with van der Waals surface area (Å²) in [5.74, 6) is 0.608. The molecule has 0 bridgehead atoms. The molecule has 2 rings (SSSR count). The van der Waals surface area contributed by atoms with Crippen LogP contribution in [0, 0.1) is 12.8 Å². The van der Waals surface area contributed by atoms with Crippen LogP contribution in [0.15, 0.2) is 33.2 Å². The lowest BCUT2D eigenvalue weighted by Gasteiger charge is -2.30. The molecule has 0 nitrogen and oxygen atoms in total. The monoisotopic (exact) mass is 356 g/mol. The first-order chi connectivity index (χ1) is 7.99. The van der Waals surface area contributed by atoms with E-state index in [0.29, 0.717) is 5.92 Å². The average molecular weight is 358 g/mol. The highest BCUT2D eigenvalue weighted by Crippen LogP contribution is 2.48. The second-order valence-electron chi connectivity index (χ2n) is 5.29. The summed E-state index contributed by atoms with van der Waals surface area (Å²) < 4.78 is 1.22. The van der Waals surface area contributed by atoms with E-state index >= 15 is 0 Å². The van der Waals surface area contributed by atoms with Crippen molar-refractivity contribution in [3.8, 4) is 0 Å². The summed E-state index contributed by atoms with van der Waals surface area (Å²) in [5, 5.41) is 0. The van der Waals surface area contributed by atoms with Crippen molar-refractivity contribution in [2.24, 2.45) is 5.92 Å². The molecule has 1 aromatic carbocycles. The van der Waals surface area contributed by atoms with E-state index in [-0.39, 0.29) is 5.41 Å². The minimum Gasteiger partial charge on any atom is -0.0596 e. The van der Waals surface area contributed by atoms with Gasteiger partial charge in [0.1, 0.15) is 0 Å². The van der Waals surface area contributed by atoms with Crippen molar-refractivity contribution in [3.63, 3.8) is 0 Å². The third kappa shape index (κ3) is 2.26. The van der Waals surface area contributed by atoms with Crippen molar-refractivity contribution < 1.29 is 0 Å². The summed E-state index contributed by atoms with van der Waals surface area (Å²) in [6, 6.07) is 6.80. The largest absolute Gasteiger partial charge is 0.0596 e. The number of hydrogen-bond acceptors (Lipinski definition) is 0. The first kappa shape index (κ1) is 13.4. The van der Waals surface area contributed by atoms with Crippen LogP contribution in [-0.2, 0) is 5.41 Å². The zero-order valence-corrected chi connectivity index (χ0v) is 13.7. The van der Waals surface area contributed by atoms with Gasteiger partial charge >= 0.3 is 0 Å². The van der Waals surface area contributed by atoms with Gasteiger partial charge in [0.15, 0.2) is 0 Å². The molecule has 1 saturated carbocycles. The molecule has 1 aromatic rings. The molecule has 1 aliphatic carbocycles. The van der Waals surface area contributed by atoms with E-state index in [0.717, 1.165) is 0 Å². The van der Waals surface area contributed by atoms with E-state index < -0.39 is 0 Å². The van der Waals surface area contributed by atoms with Crippen molar-refractivity contribution in [2.75, 3.05) is 0 Å². The fourth-order valence-corrected chi connectivity index (χ4v) is 3.74. The molecule has 17 heavy (non-hydrogen) atoms. The van der Waals surface area contributed by atoms with Crippen molar-refractivity contribution in [1.29, 1.82) is 0 Å². The molecule has 2 heteroatoms. The molecule has 0 radical (unpaired) electrons. The Kier molecular flexibility index (Phi) is 3.84. The molecule has 92 valence electrons. The number of rotatable bonds is 1. The van der Waals surface area contributed by atoms with Crippen LogP contribution in [0.2, 0.25) is 0 Å². The molecule has 0 saturated heterocycles. The summed E-state index contributed by atoms with van der Waals surface area (Å²) in [6.07, 6.45) is 2.44. The average Bonchev–Trinajstić information content (AvgIpc) is 2.60. The van der Waals surface area contributed by atoms with Gasteiger partial charge in [-0.05, 0) is 53.3 Å². The van der Waals surface area contributed by atoms with Gasteiger partial charge < -0.3 is 0 Å². The normalized spacial score (nSPS) is 31.1. The van der Waals surface area contributed by atoms with Crippen LogP contribution >= 0.6 is 31.9 Å². The third-order valence-corrected chi connectivity index (χ3v) is 5.86. The van der Waals surface area contributed by atoms with E-state index in [1.54, 1.807) is 0 Å². The van der Waals surface area contributed by atoms with Gasteiger partial charge in [-0.25, -0.2) is 0 Å². The van der Waals surface area contributed by atoms with Crippen LogP contribution in [0.5, 0.6) is 0 Å². The molecular formula is C15H18Br2. The second-order valence-corrected chi connectivity index (χ2v) is 6.60. The van der Waals surface area contributed by atoms with Gasteiger partial charge in [0.2, 0.25) is 0 Å². The van der Waals surface area contributed by atoms with Gasteiger partial charge in [0, 0.05) is 4.47 Å². The highest BCUT2D eigenvalue weighted by atomic mass is 79.9. The number of benzene rings is 1. The van der Waals surface area contributed by atoms with Crippen molar-refractivity contribution in [2.45, 2.75) is 39.0 Å². The maximum Gasteiger partial charge on any atom is 0.0207 e. The van der Waals surface area contributed by atoms with Crippen molar-refractivity contribution >= 4 is 31.9 Å². The predicted octanol–water partition coefficient (Wildman–Crippen LogP) is 5.72. The van der Waals surface area contributed by atoms with Crippen LogP contribution in [-0.4, -0.2) is 0 Å². The topological polar surface area (TPSA) is 0 Å². The minimum absolute atomic E-state index is 0.274. The fraction of sp³-hybridized carbons (Fsp3) is 0.467. The standard InChI is InChI=1S/C15H18Br2/c1-10-4-5-13(8-14(10)17)15(3)7-6-12(9-16)11(15)2/h4-5,8-9,11H,6-7H2,1-3H3/b12-9-/t11-,15+/m0/s1. The molecule has 2 atom stereocenters. The lowest BCUT2D eigenvalue weighted by molar-refractivity contribution is 0.397. The van der Waals surface area contributed by atoms with Gasteiger partial charge in [-0.2, -0.15) is 0 Å². The van der Waals surface area contributed by atoms with E-state index in [4.69, 9.17) is 0 Å². The van der Waals surface area contributed by atoms with E-state index in [1.807, 2.05) is 0 Å². The smallest absolute Gasteiger partial charge is 0.0207 e. The molecule has 0 amide bonds. The van der Waals surface area contributed by atoms with Gasteiger partial charge in [-0.15, -0.1) is 0 Å². The zero-order chi connectivity index (χ0) is 12.6. The van der Waals surface area contributed by atoms with Crippen LogP contribution in [0.3, 0.4) is 0 Å². The maximum absolute atomic E-state index is 3.65. The maximum atomic E-state index is 3.65. The first-order valence-electron chi connectivity index (χ1n) is 6.05. The van der Waals surface area contributed by atoms with E-state index in [2.05, 4.69) is 75.8 Å².